The molecule has 1 aromatic heterocycles. The Labute approximate surface area is 168 Å². The first kappa shape index (κ1) is 19.8. The van der Waals surface area contributed by atoms with Crippen LogP contribution in [0.5, 0.6) is 0 Å². The molecule has 1 aliphatic rings. The van der Waals surface area contributed by atoms with Gasteiger partial charge < -0.3 is 4.42 Å². The molecule has 0 unspecified atom stereocenters. The number of amides is 3. The van der Waals surface area contributed by atoms with Crippen LogP contribution >= 0.6 is 24.0 Å². The first-order chi connectivity index (χ1) is 13.4. The molecule has 7 nitrogen and oxygen atoms in total. The van der Waals surface area contributed by atoms with Crippen LogP contribution in [0.2, 0.25) is 0 Å². The van der Waals surface area contributed by atoms with Gasteiger partial charge in [-0.3, -0.25) is 30.1 Å². The van der Waals surface area contributed by atoms with Gasteiger partial charge in [-0.05, 0) is 36.4 Å². The van der Waals surface area contributed by atoms with E-state index in [1.807, 2.05) is 0 Å². The zero-order valence-electron chi connectivity index (χ0n) is 14.3. The summed E-state index contributed by atoms with van der Waals surface area (Å²) in [5, 5.41) is 0. The number of benzene rings is 1. The van der Waals surface area contributed by atoms with Gasteiger partial charge in [0.25, 0.3) is 11.8 Å². The summed E-state index contributed by atoms with van der Waals surface area (Å²) in [5.74, 6) is -1.33. The molecule has 1 aliphatic heterocycles. The van der Waals surface area contributed by atoms with E-state index in [-0.39, 0.29) is 24.4 Å². The van der Waals surface area contributed by atoms with Crippen LogP contribution in [0.3, 0.4) is 0 Å². The van der Waals surface area contributed by atoms with Crippen molar-refractivity contribution in [1.29, 1.82) is 0 Å². The first-order valence-electron chi connectivity index (χ1n) is 8.07. The molecule has 1 aromatic carbocycles. The summed E-state index contributed by atoms with van der Waals surface area (Å²) < 4.78 is 18.4. The van der Waals surface area contributed by atoms with Crippen LogP contribution in [0, 0.1) is 5.82 Å². The Balaban J connectivity index is 1.49. The summed E-state index contributed by atoms with van der Waals surface area (Å²) in [6.45, 7) is 0.0679. The summed E-state index contributed by atoms with van der Waals surface area (Å²) in [5.41, 5.74) is 4.67. The molecule has 0 bridgehead atoms. The van der Waals surface area contributed by atoms with Crippen molar-refractivity contribution in [3.05, 3.63) is 64.7 Å². The zero-order valence-corrected chi connectivity index (χ0v) is 15.9. The minimum absolute atomic E-state index is 0.0653. The molecule has 0 atom stereocenters. The first-order valence-corrected chi connectivity index (χ1v) is 9.30. The number of hydrazine groups is 1. The molecular weight excluding hydrogens is 405 g/mol. The molecule has 144 valence electrons. The van der Waals surface area contributed by atoms with E-state index in [2.05, 4.69) is 10.9 Å². The zero-order chi connectivity index (χ0) is 20.1. The molecule has 1 fully saturated rings. The van der Waals surface area contributed by atoms with Crippen molar-refractivity contribution in [3.8, 4) is 0 Å². The van der Waals surface area contributed by atoms with Crippen LogP contribution in [0.25, 0.3) is 6.08 Å². The molecule has 0 aliphatic carbocycles. The van der Waals surface area contributed by atoms with Crippen molar-refractivity contribution in [1.82, 2.24) is 15.8 Å². The van der Waals surface area contributed by atoms with Crippen molar-refractivity contribution in [2.75, 3.05) is 6.54 Å². The second-order valence-electron chi connectivity index (χ2n) is 5.61. The average Bonchev–Trinajstić information content (AvgIpc) is 3.27. The molecule has 0 saturated carbocycles. The highest BCUT2D eigenvalue weighted by Gasteiger charge is 2.32. The van der Waals surface area contributed by atoms with E-state index in [1.165, 1.54) is 23.3 Å². The van der Waals surface area contributed by atoms with Gasteiger partial charge >= 0.3 is 0 Å². The summed E-state index contributed by atoms with van der Waals surface area (Å²) in [6, 6.07) is 8.29. The highest BCUT2D eigenvalue weighted by Crippen LogP contribution is 2.32. The number of rotatable bonds is 5. The Hall–Kier alpha value is -2.98. The number of hydrogen-bond donors (Lipinski definition) is 2. The number of furan rings is 1. The molecule has 3 rings (SSSR count). The second kappa shape index (κ2) is 8.81. The van der Waals surface area contributed by atoms with Crippen LogP contribution < -0.4 is 10.9 Å². The summed E-state index contributed by atoms with van der Waals surface area (Å²) in [7, 11) is 0. The third kappa shape index (κ3) is 4.84. The molecule has 1 saturated heterocycles. The molecule has 2 N–H and O–H groups in total. The minimum Gasteiger partial charge on any atom is -0.465 e. The van der Waals surface area contributed by atoms with Crippen LogP contribution in [-0.4, -0.2) is 33.5 Å². The van der Waals surface area contributed by atoms with Crippen LogP contribution in [-0.2, 0) is 9.59 Å². The maximum absolute atomic E-state index is 12.9. The summed E-state index contributed by atoms with van der Waals surface area (Å²) >= 11 is 6.31. The minimum atomic E-state index is -0.583. The van der Waals surface area contributed by atoms with E-state index in [0.717, 1.165) is 23.9 Å². The Morgan fingerprint density at radius 3 is 2.64 bits per heavy atom. The SMILES string of the molecule is O=C(CCN1C(=O)/C(=C\c2ccco2)SC1=S)NNC(=O)c1ccc(F)cc1. The van der Waals surface area contributed by atoms with E-state index in [0.29, 0.717) is 15.0 Å². The van der Waals surface area contributed by atoms with Gasteiger partial charge in [-0.1, -0.05) is 24.0 Å². The van der Waals surface area contributed by atoms with Crippen molar-refractivity contribution in [3.63, 3.8) is 0 Å². The maximum atomic E-state index is 12.9. The van der Waals surface area contributed by atoms with Crippen LogP contribution in [0.15, 0.2) is 52.0 Å². The highest BCUT2D eigenvalue weighted by molar-refractivity contribution is 8.26. The summed E-state index contributed by atoms with van der Waals surface area (Å²) in [6.07, 6.45) is 3.02. The Bertz CT molecular complexity index is 942. The lowest BCUT2D eigenvalue weighted by molar-refractivity contribution is -0.124. The highest BCUT2D eigenvalue weighted by atomic mass is 32.2. The molecule has 3 amide bonds. The predicted molar refractivity (Wildman–Crippen MR) is 105 cm³/mol. The van der Waals surface area contributed by atoms with Crippen LogP contribution in [0.4, 0.5) is 4.39 Å². The summed E-state index contributed by atoms with van der Waals surface area (Å²) in [4.78, 5) is 37.9. The normalized spacial score (nSPS) is 15.2. The van der Waals surface area contributed by atoms with Crippen LogP contribution in [0.1, 0.15) is 22.5 Å². The fraction of sp³-hybridized carbons (Fsp3) is 0.111. The number of nitrogens with zero attached hydrogens (tertiary/aromatic N) is 1. The van der Waals surface area contributed by atoms with Crippen molar-refractivity contribution in [2.24, 2.45) is 0 Å². The van der Waals surface area contributed by atoms with Gasteiger partial charge in [0.1, 0.15) is 15.9 Å². The molecule has 0 spiro atoms. The molecule has 2 aromatic rings. The fourth-order valence-electron chi connectivity index (χ4n) is 2.27. The third-order valence-electron chi connectivity index (χ3n) is 3.67. The number of thiocarbonyl (C=S) groups is 1. The quantitative estimate of drug-likeness (QED) is 0.440. The van der Waals surface area contributed by atoms with Gasteiger partial charge in [0.05, 0.1) is 11.2 Å². The monoisotopic (exact) mass is 419 g/mol. The topological polar surface area (TPSA) is 91.7 Å². The lowest BCUT2D eigenvalue weighted by Crippen LogP contribution is -2.43. The van der Waals surface area contributed by atoms with Gasteiger partial charge in [0.15, 0.2) is 0 Å². The van der Waals surface area contributed by atoms with Gasteiger partial charge in [-0.2, -0.15) is 0 Å². The lowest BCUT2D eigenvalue weighted by atomic mass is 10.2. The number of nitrogens with one attached hydrogen (secondary N) is 2. The predicted octanol–water partition coefficient (Wildman–Crippen LogP) is 2.47. The Morgan fingerprint density at radius 2 is 1.96 bits per heavy atom. The number of carbonyl (C=O) groups is 3. The second-order valence-corrected chi connectivity index (χ2v) is 7.28. The largest absolute Gasteiger partial charge is 0.465 e. The van der Waals surface area contributed by atoms with E-state index in [9.17, 15) is 18.8 Å². The third-order valence-corrected chi connectivity index (χ3v) is 5.05. The van der Waals surface area contributed by atoms with E-state index in [4.69, 9.17) is 16.6 Å². The molecule has 2 heterocycles. The Morgan fingerprint density at radius 1 is 1.21 bits per heavy atom. The van der Waals surface area contributed by atoms with Gasteiger partial charge in [0, 0.05) is 24.6 Å². The molecule has 0 radical (unpaired) electrons. The van der Waals surface area contributed by atoms with Gasteiger partial charge in [0.2, 0.25) is 5.91 Å². The number of hydrogen-bond acceptors (Lipinski definition) is 6. The smallest absolute Gasteiger partial charge is 0.269 e. The maximum Gasteiger partial charge on any atom is 0.269 e. The van der Waals surface area contributed by atoms with Crippen molar-refractivity contribution >= 4 is 52.1 Å². The number of carbonyl (C=O) groups excluding carboxylic acids is 3. The average molecular weight is 419 g/mol. The molecular formula is C18H14FN3O4S2. The number of thioether (sulfide) groups is 1. The van der Waals surface area contributed by atoms with E-state index < -0.39 is 17.6 Å². The van der Waals surface area contributed by atoms with E-state index in [1.54, 1.807) is 18.2 Å². The van der Waals surface area contributed by atoms with Gasteiger partial charge in [-0.15, -0.1) is 0 Å². The van der Waals surface area contributed by atoms with E-state index >= 15 is 0 Å². The number of halogens is 1. The lowest BCUT2D eigenvalue weighted by Gasteiger charge is -2.14. The molecule has 28 heavy (non-hydrogen) atoms. The standard InChI is InChI=1S/C18H14FN3O4S2/c19-12-5-3-11(4-6-12)16(24)21-20-15(23)7-8-22-17(25)14(28-18(22)27)10-13-2-1-9-26-13/h1-6,9-10H,7-8H2,(H,20,23)(H,21,24)/b14-10+. The fourth-order valence-corrected chi connectivity index (χ4v) is 3.56. The van der Waals surface area contributed by atoms with Crippen molar-refractivity contribution < 1.29 is 23.2 Å². The van der Waals surface area contributed by atoms with Crippen molar-refractivity contribution in [2.45, 2.75) is 6.42 Å². The Kier molecular flexibility index (Phi) is 6.22. The molecule has 10 heteroatoms. The van der Waals surface area contributed by atoms with Gasteiger partial charge in [-0.25, -0.2) is 4.39 Å².